The van der Waals surface area contributed by atoms with Crippen LogP contribution >= 0.6 is 0 Å². The maximum atomic E-state index is 12.4. The van der Waals surface area contributed by atoms with Crippen LogP contribution in [0.1, 0.15) is 43.0 Å². The molecule has 0 amide bonds. The number of carbonyl (C=O) groups excluding carboxylic acids is 1. The molecule has 0 unspecified atom stereocenters. The summed E-state index contributed by atoms with van der Waals surface area (Å²) < 4.78 is 26.2. The second kappa shape index (κ2) is 6.06. The molecule has 1 fully saturated rings. The van der Waals surface area contributed by atoms with E-state index in [1.165, 1.54) is 10.4 Å². The van der Waals surface area contributed by atoms with E-state index in [-0.39, 0.29) is 16.6 Å². The molecule has 0 aromatic heterocycles. The van der Waals surface area contributed by atoms with Gasteiger partial charge in [0, 0.05) is 25.1 Å². The summed E-state index contributed by atoms with van der Waals surface area (Å²) in [5.74, 6) is 0.170. The van der Waals surface area contributed by atoms with Crippen molar-refractivity contribution in [1.29, 1.82) is 0 Å². The van der Waals surface area contributed by atoms with Gasteiger partial charge >= 0.3 is 0 Å². The van der Waals surface area contributed by atoms with Gasteiger partial charge in [0.2, 0.25) is 10.0 Å². The summed E-state index contributed by atoms with van der Waals surface area (Å²) in [5, 5.41) is 0. The van der Waals surface area contributed by atoms with Crippen molar-refractivity contribution in [2.75, 3.05) is 13.6 Å². The number of unbranched alkanes of at least 4 members (excludes halogenated alkanes) is 1. The Kier molecular flexibility index (Phi) is 4.60. The molecule has 0 heterocycles. The van der Waals surface area contributed by atoms with Crippen LogP contribution in [-0.2, 0) is 10.0 Å². The normalized spacial score (nSPS) is 15.6. The average molecular weight is 295 g/mol. The smallest absolute Gasteiger partial charge is 0.242 e. The van der Waals surface area contributed by atoms with Gasteiger partial charge in [-0.1, -0.05) is 25.5 Å². The Morgan fingerprint density at radius 2 is 2.05 bits per heavy atom. The van der Waals surface area contributed by atoms with Crippen LogP contribution in [0.2, 0.25) is 0 Å². The van der Waals surface area contributed by atoms with E-state index in [0.29, 0.717) is 12.1 Å². The standard InChI is InChI=1S/C15H21NO3S/c1-3-4-10-16(2)20(18,19)14-7-5-6-13(11-14)15(17)12-8-9-12/h5-7,11-12H,3-4,8-10H2,1-2H3. The summed E-state index contributed by atoms with van der Waals surface area (Å²) in [6.45, 7) is 2.52. The first kappa shape index (κ1) is 15.2. The SMILES string of the molecule is CCCCN(C)S(=O)(=O)c1cccc(C(=O)C2CC2)c1. The van der Waals surface area contributed by atoms with Gasteiger partial charge in [0.1, 0.15) is 0 Å². The monoisotopic (exact) mass is 295 g/mol. The predicted molar refractivity (Wildman–Crippen MR) is 78.2 cm³/mol. The van der Waals surface area contributed by atoms with E-state index in [1.54, 1.807) is 25.2 Å². The zero-order valence-corrected chi connectivity index (χ0v) is 12.8. The highest BCUT2D eigenvalue weighted by molar-refractivity contribution is 7.89. The molecule has 1 saturated carbocycles. The molecule has 5 heteroatoms. The van der Waals surface area contributed by atoms with Gasteiger partial charge in [-0.2, -0.15) is 0 Å². The summed E-state index contributed by atoms with van der Waals surface area (Å²) in [4.78, 5) is 12.2. The summed E-state index contributed by atoms with van der Waals surface area (Å²) in [6.07, 6.45) is 3.62. The number of Topliss-reactive ketones (excluding diaryl/α,β-unsaturated/α-hetero) is 1. The number of benzene rings is 1. The largest absolute Gasteiger partial charge is 0.294 e. The molecule has 1 aliphatic rings. The number of hydrogen-bond donors (Lipinski definition) is 0. The molecule has 1 aromatic rings. The molecule has 0 aliphatic heterocycles. The first-order valence-corrected chi connectivity index (χ1v) is 8.51. The van der Waals surface area contributed by atoms with E-state index in [0.717, 1.165) is 25.7 Å². The summed E-state index contributed by atoms with van der Waals surface area (Å²) >= 11 is 0. The topological polar surface area (TPSA) is 54.5 Å². The predicted octanol–water partition coefficient (Wildman–Crippen LogP) is 2.70. The Hall–Kier alpha value is -1.20. The Morgan fingerprint density at radius 3 is 2.65 bits per heavy atom. The Labute approximate surface area is 120 Å². The van der Waals surface area contributed by atoms with Crippen molar-refractivity contribution in [2.24, 2.45) is 5.92 Å². The molecular formula is C15H21NO3S. The fourth-order valence-corrected chi connectivity index (χ4v) is 3.33. The van der Waals surface area contributed by atoms with Crippen LogP contribution in [0.4, 0.5) is 0 Å². The zero-order valence-electron chi connectivity index (χ0n) is 12.0. The Bertz CT molecular complexity index is 591. The van der Waals surface area contributed by atoms with E-state index in [2.05, 4.69) is 0 Å². The van der Waals surface area contributed by atoms with Crippen molar-refractivity contribution >= 4 is 15.8 Å². The van der Waals surface area contributed by atoms with Gasteiger partial charge in [0.15, 0.2) is 5.78 Å². The molecule has 0 atom stereocenters. The second-order valence-electron chi connectivity index (χ2n) is 5.35. The summed E-state index contributed by atoms with van der Waals surface area (Å²) in [6, 6.07) is 6.42. The molecule has 1 aliphatic carbocycles. The van der Waals surface area contributed by atoms with Crippen molar-refractivity contribution in [3.8, 4) is 0 Å². The third kappa shape index (κ3) is 3.27. The lowest BCUT2D eigenvalue weighted by molar-refractivity contribution is 0.0967. The number of rotatable bonds is 7. The van der Waals surface area contributed by atoms with E-state index < -0.39 is 10.0 Å². The van der Waals surface area contributed by atoms with Crippen LogP contribution in [0.25, 0.3) is 0 Å². The van der Waals surface area contributed by atoms with Gasteiger partial charge in [-0.3, -0.25) is 4.79 Å². The van der Waals surface area contributed by atoms with Crippen LogP contribution in [0.5, 0.6) is 0 Å². The first-order chi connectivity index (χ1) is 9.46. The molecule has 110 valence electrons. The van der Waals surface area contributed by atoms with Crippen molar-refractivity contribution in [1.82, 2.24) is 4.31 Å². The van der Waals surface area contributed by atoms with Crippen LogP contribution in [0.15, 0.2) is 29.2 Å². The first-order valence-electron chi connectivity index (χ1n) is 7.07. The van der Waals surface area contributed by atoms with Gasteiger partial charge in [-0.25, -0.2) is 12.7 Å². The lowest BCUT2D eigenvalue weighted by Gasteiger charge is -2.17. The van der Waals surface area contributed by atoms with Crippen LogP contribution < -0.4 is 0 Å². The number of sulfonamides is 1. The third-order valence-corrected chi connectivity index (χ3v) is 5.45. The van der Waals surface area contributed by atoms with E-state index in [1.807, 2.05) is 6.92 Å². The van der Waals surface area contributed by atoms with Gasteiger partial charge in [0.25, 0.3) is 0 Å². The number of carbonyl (C=O) groups is 1. The van der Waals surface area contributed by atoms with Crippen molar-refractivity contribution in [3.63, 3.8) is 0 Å². The Balaban J connectivity index is 2.23. The fourth-order valence-electron chi connectivity index (χ4n) is 2.07. The number of hydrogen-bond acceptors (Lipinski definition) is 3. The van der Waals surface area contributed by atoms with Gasteiger partial charge in [-0.15, -0.1) is 0 Å². The second-order valence-corrected chi connectivity index (χ2v) is 7.39. The van der Waals surface area contributed by atoms with Crippen molar-refractivity contribution in [2.45, 2.75) is 37.5 Å². The highest BCUT2D eigenvalue weighted by Gasteiger charge is 2.31. The molecule has 1 aromatic carbocycles. The maximum absolute atomic E-state index is 12.4. The van der Waals surface area contributed by atoms with Crippen molar-refractivity contribution in [3.05, 3.63) is 29.8 Å². The molecule has 0 spiro atoms. The lowest BCUT2D eigenvalue weighted by Crippen LogP contribution is -2.28. The average Bonchev–Trinajstić information content (AvgIpc) is 3.28. The maximum Gasteiger partial charge on any atom is 0.242 e. The van der Waals surface area contributed by atoms with Crippen LogP contribution in [0.3, 0.4) is 0 Å². The molecule has 20 heavy (non-hydrogen) atoms. The molecule has 0 radical (unpaired) electrons. The quantitative estimate of drug-likeness (QED) is 0.727. The molecule has 2 rings (SSSR count). The molecule has 4 nitrogen and oxygen atoms in total. The van der Waals surface area contributed by atoms with E-state index >= 15 is 0 Å². The van der Waals surface area contributed by atoms with Crippen molar-refractivity contribution < 1.29 is 13.2 Å². The fraction of sp³-hybridized carbons (Fsp3) is 0.533. The van der Waals surface area contributed by atoms with Gasteiger partial charge in [0.05, 0.1) is 4.90 Å². The molecule has 0 saturated heterocycles. The summed E-state index contributed by atoms with van der Waals surface area (Å²) in [7, 11) is -1.91. The number of ketones is 1. The molecule has 0 bridgehead atoms. The summed E-state index contributed by atoms with van der Waals surface area (Å²) in [5.41, 5.74) is 0.512. The van der Waals surface area contributed by atoms with E-state index in [9.17, 15) is 13.2 Å². The highest BCUT2D eigenvalue weighted by Crippen LogP contribution is 2.33. The number of nitrogens with zero attached hydrogens (tertiary/aromatic N) is 1. The van der Waals surface area contributed by atoms with Crippen LogP contribution in [-0.4, -0.2) is 32.1 Å². The van der Waals surface area contributed by atoms with E-state index in [4.69, 9.17) is 0 Å². The minimum absolute atomic E-state index is 0.0678. The molecular weight excluding hydrogens is 274 g/mol. The highest BCUT2D eigenvalue weighted by atomic mass is 32.2. The Morgan fingerprint density at radius 1 is 1.35 bits per heavy atom. The minimum Gasteiger partial charge on any atom is -0.294 e. The molecule has 0 N–H and O–H groups in total. The van der Waals surface area contributed by atoms with Gasteiger partial charge in [-0.05, 0) is 31.4 Å². The minimum atomic E-state index is -3.49. The zero-order chi connectivity index (χ0) is 14.8. The van der Waals surface area contributed by atoms with Crippen LogP contribution in [0, 0.1) is 5.92 Å². The third-order valence-electron chi connectivity index (χ3n) is 3.60. The lowest BCUT2D eigenvalue weighted by atomic mass is 10.1. The van der Waals surface area contributed by atoms with Gasteiger partial charge < -0.3 is 0 Å².